The van der Waals surface area contributed by atoms with E-state index < -0.39 is 0 Å². The first-order valence-corrected chi connectivity index (χ1v) is 7.96. The summed E-state index contributed by atoms with van der Waals surface area (Å²) in [6.07, 6.45) is 3.56. The van der Waals surface area contributed by atoms with Gasteiger partial charge in [0.25, 0.3) is 0 Å². The molecule has 0 unspecified atom stereocenters. The number of hydrogen-bond donors (Lipinski definition) is 0. The highest BCUT2D eigenvalue weighted by Crippen LogP contribution is 2.26. The van der Waals surface area contributed by atoms with Crippen LogP contribution < -0.4 is 4.74 Å². The first-order chi connectivity index (χ1) is 8.69. The van der Waals surface area contributed by atoms with Crippen LogP contribution in [-0.2, 0) is 11.9 Å². The van der Waals surface area contributed by atoms with Crippen molar-refractivity contribution in [1.29, 1.82) is 0 Å². The van der Waals surface area contributed by atoms with E-state index in [-0.39, 0.29) is 0 Å². The molecule has 0 atom stereocenters. The van der Waals surface area contributed by atoms with Crippen molar-refractivity contribution in [2.24, 2.45) is 0 Å². The molecule has 0 radical (unpaired) electrons. The molecule has 0 saturated carbocycles. The predicted octanol–water partition coefficient (Wildman–Crippen LogP) is 5.08. The Morgan fingerprint density at radius 1 is 1.06 bits per heavy atom. The lowest BCUT2D eigenvalue weighted by Crippen LogP contribution is -1.98. The molecule has 0 aliphatic carbocycles. The van der Waals surface area contributed by atoms with Gasteiger partial charge in [0.05, 0.1) is 0 Å². The van der Waals surface area contributed by atoms with Crippen LogP contribution in [0.5, 0.6) is 5.75 Å². The monoisotopic (exact) mass is 433 g/mol. The smallest absolute Gasteiger partial charge is 0.123 e. The standard InChI is InChI=1S/C13H10Br3NO/c14-5-10-4-11(15)1-2-13(10)18-8-9-3-12(16)7-17-6-9/h1-4,6-7H,5,8H2. The van der Waals surface area contributed by atoms with Crippen LogP contribution in [0, 0.1) is 0 Å². The molecular formula is C13H10Br3NO. The molecule has 0 fully saturated rings. The molecule has 0 spiro atoms. The summed E-state index contributed by atoms with van der Waals surface area (Å²) >= 11 is 10.3. The molecule has 2 aromatic rings. The van der Waals surface area contributed by atoms with E-state index in [9.17, 15) is 0 Å². The van der Waals surface area contributed by atoms with Gasteiger partial charge in [0.15, 0.2) is 0 Å². The molecule has 1 heterocycles. The number of ether oxygens (including phenoxy) is 1. The summed E-state index contributed by atoms with van der Waals surface area (Å²) in [7, 11) is 0. The van der Waals surface area contributed by atoms with E-state index in [1.54, 1.807) is 12.4 Å². The van der Waals surface area contributed by atoms with Crippen LogP contribution in [-0.4, -0.2) is 4.98 Å². The van der Waals surface area contributed by atoms with E-state index >= 15 is 0 Å². The van der Waals surface area contributed by atoms with Gasteiger partial charge in [-0.3, -0.25) is 4.98 Å². The van der Waals surface area contributed by atoms with Gasteiger partial charge in [0.2, 0.25) is 0 Å². The maximum Gasteiger partial charge on any atom is 0.123 e. The van der Waals surface area contributed by atoms with Gasteiger partial charge in [-0.05, 0) is 40.2 Å². The molecule has 1 aromatic heterocycles. The number of aromatic nitrogens is 1. The summed E-state index contributed by atoms with van der Waals surface area (Å²) < 4.78 is 7.82. The van der Waals surface area contributed by atoms with Gasteiger partial charge in [-0.15, -0.1) is 0 Å². The molecule has 1 aromatic carbocycles. The topological polar surface area (TPSA) is 22.1 Å². The van der Waals surface area contributed by atoms with Crippen molar-refractivity contribution in [3.05, 3.63) is 56.7 Å². The lowest BCUT2D eigenvalue weighted by atomic mass is 10.2. The number of hydrogen-bond acceptors (Lipinski definition) is 2. The summed E-state index contributed by atoms with van der Waals surface area (Å²) in [4.78, 5) is 4.11. The average Bonchev–Trinajstić information content (AvgIpc) is 2.37. The van der Waals surface area contributed by atoms with Crippen LogP contribution in [0.2, 0.25) is 0 Å². The van der Waals surface area contributed by atoms with E-state index in [1.165, 1.54) is 0 Å². The number of nitrogens with zero attached hydrogens (tertiary/aromatic N) is 1. The lowest BCUT2D eigenvalue weighted by Gasteiger charge is -2.10. The minimum atomic E-state index is 0.508. The Morgan fingerprint density at radius 2 is 1.89 bits per heavy atom. The maximum atomic E-state index is 5.81. The summed E-state index contributed by atoms with van der Waals surface area (Å²) in [5, 5.41) is 0.762. The molecule has 0 amide bonds. The highest BCUT2D eigenvalue weighted by atomic mass is 79.9. The van der Waals surface area contributed by atoms with Gasteiger partial charge in [0, 0.05) is 37.8 Å². The van der Waals surface area contributed by atoms with Crippen LogP contribution in [0.3, 0.4) is 0 Å². The summed E-state index contributed by atoms with van der Waals surface area (Å²) in [5.41, 5.74) is 2.15. The van der Waals surface area contributed by atoms with Gasteiger partial charge in [-0.1, -0.05) is 31.9 Å². The molecule has 0 N–H and O–H groups in total. The van der Waals surface area contributed by atoms with Gasteiger partial charge in [0.1, 0.15) is 12.4 Å². The molecule has 2 nitrogen and oxygen atoms in total. The second kappa shape index (κ2) is 6.68. The Balaban J connectivity index is 2.10. The van der Waals surface area contributed by atoms with Crippen molar-refractivity contribution in [3.63, 3.8) is 0 Å². The summed E-state index contributed by atoms with van der Waals surface area (Å²) in [6, 6.07) is 7.98. The number of halogens is 3. The fourth-order valence-electron chi connectivity index (χ4n) is 1.49. The minimum absolute atomic E-state index is 0.508. The van der Waals surface area contributed by atoms with Crippen molar-refractivity contribution >= 4 is 47.8 Å². The second-order valence-corrected chi connectivity index (χ2v) is 6.08. The Kier molecular flexibility index (Phi) is 5.21. The Hall–Kier alpha value is -0.390. The van der Waals surface area contributed by atoms with Gasteiger partial charge in [-0.25, -0.2) is 0 Å². The molecule has 0 aliphatic heterocycles. The molecule has 0 bridgehead atoms. The van der Waals surface area contributed by atoms with E-state index in [4.69, 9.17) is 4.74 Å². The zero-order valence-corrected chi connectivity index (χ0v) is 14.1. The number of alkyl halides is 1. The van der Waals surface area contributed by atoms with Crippen LogP contribution in [0.1, 0.15) is 11.1 Å². The van der Waals surface area contributed by atoms with Crippen molar-refractivity contribution in [1.82, 2.24) is 4.98 Å². The zero-order valence-electron chi connectivity index (χ0n) is 9.37. The third-order valence-electron chi connectivity index (χ3n) is 2.32. The fraction of sp³-hybridized carbons (Fsp3) is 0.154. The van der Waals surface area contributed by atoms with Crippen LogP contribution in [0.4, 0.5) is 0 Å². The Morgan fingerprint density at radius 3 is 2.61 bits per heavy atom. The van der Waals surface area contributed by atoms with Crippen LogP contribution >= 0.6 is 47.8 Å². The highest BCUT2D eigenvalue weighted by Gasteiger charge is 2.04. The molecule has 2 rings (SSSR count). The van der Waals surface area contributed by atoms with E-state index in [0.29, 0.717) is 6.61 Å². The maximum absolute atomic E-state index is 5.81. The Bertz CT molecular complexity index is 546. The normalized spacial score (nSPS) is 10.4. The third-order valence-corrected chi connectivity index (χ3v) is 3.85. The molecule has 18 heavy (non-hydrogen) atoms. The molecule has 0 saturated heterocycles. The largest absolute Gasteiger partial charge is 0.489 e. The van der Waals surface area contributed by atoms with E-state index in [1.807, 2.05) is 24.3 Å². The van der Waals surface area contributed by atoms with Crippen LogP contribution in [0.15, 0.2) is 45.6 Å². The quantitative estimate of drug-likeness (QED) is 0.625. The molecule has 94 valence electrons. The molecule has 0 aliphatic rings. The fourth-order valence-corrected chi connectivity index (χ4v) is 2.75. The predicted molar refractivity (Wildman–Crippen MR) is 83.0 cm³/mol. The molecular weight excluding hydrogens is 426 g/mol. The second-order valence-electron chi connectivity index (χ2n) is 3.69. The third kappa shape index (κ3) is 3.80. The Labute approximate surface area is 131 Å². The first kappa shape index (κ1) is 14.0. The van der Waals surface area contributed by atoms with Crippen molar-refractivity contribution in [2.45, 2.75) is 11.9 Å². The van der Waals surface area contributed by atoms with Crippen molar-refractivity contribution in [3.8, 4) is 5.75 Å². The zero-order chi connectivity index (χ0) is 13.0. The summed E-state index contributed by atoms with van der Waals surface area (Å²) in [6.45, 7) is 0.508. The van der Waals surface area contributed by atoms with Gasteiger partial charge in [-0.2, -0.15) is 0 Å². The number of rotatable bonds is 4. The van der Waals surface area contributed by atoms with Gasteiger partial charge >= 0.3 is 0 Å². The molecule has 5 heteroatoms. The number of pyridine rings is 1. The minimum Gasteiger partial charge on any atom is -0.489 e. The van der Waals surface area contributed by atoms with E-state index in [2.05, 4.69) is 52.8 Å². The van der Waals surface area contributed by atoms with Crippen molar-refractivity contribution < 1.29 is 4.74 Å². The summed E-state index contributed by atoms with van der Waals surface area (Å²) in [5.74, 6) is 0.884. The van der Waals surface area contributed by atoms with Crippen molar-refractivity contribution in [2.75, 3.05) is 0 Å². The first-order valence-electron chi connectivity index (χ1n) is 5.25. The van der Waals surface area contributed by atoms with E-state index in [0.717, 1.165) is 31.2 Å². The highest BCUT2D eigenvalue weighted by molar-refractivity contribution is 9.10. The SMILES string of the molecule is BrCc1cc(Br)ccc1OCc1cncc(Br)c1. The van der Waals surface area contributed by atoms with Crippen LogP contribution in [0.25, 0.3) is 0 Å². The lowest BCUT2D eigenvalue weighted by molar-refractivity contribution is 0.303. The van der Waals surface area contributed by atoms with Gasteiger partial charge < -0.3 is 4.74 Å². The number of benzene rings is 1. The average molecular weight is 436 g/mol.